The molecule has 1 aromatic carbocycles. The molecule has 21 heavy (non-hydrogen) atoms. The third-order valence-corrected chi connectivity index (χ3v) is 4.35. The fraction of sp³-hybridized carbons (Fsp3) is 0.471. The Bertz CT molecular complexity index is 628. The summed E-state index contributed by atoms with van der Waals surface area (Å²) in [6.07, 6.45) is 1.95. The molecule has 0 bridgehead atoms. The van der Waals surface area contributed by atoms with Crippen molar-refractivity contribution < 1.29 is 0 Å². The van der Waals surface area contributed by atoms with Crippen LogP contribution >= 0.6 is 0 Å². The summed E-state index contributed by atoms with van der Waals surface area (Å²) in [6.45, 7) is 8.45. The summed E-state index contributed by atoms with van der Waals surface area (Å²) in [6, 6.07) is 6.70. The van der Waals surface area contributed by atoms with Gasteiger partial charge in [0.15, 0.2) is 0 Å². The van der Waals surface area contributed by atoms with Crippen LogP contribution in [-0.2, 0) is 13.5 Å². The van der Waals surface area contributed by atoms with Gasteiger partial charge in [-0.1, -0.05) is 23.8 Å². The van der Waals surface area contributed by atoms with Crippen LogP contribution in [0.3, 0.4) is 0 Å². The fourth-order valence-corrected chi connectivity index (χ4v) is 2.93. The topological polar surface area (TPSA) is 55.9 Å². The maximum Gasteiger partial charge on any atom is 0.0628 e. The maximum absolute atomic E-state index is 5.80. The predicted octanol–water partition coefficient (Wildman–Crippen LogP) is 2.79. The Labute approximate surface area is 127 Å². The van der Waals surface area contributed by atoms with E-state index >= 15 is 0 Å². The Morgan fingerprint density at radius 1 is 1.24 bits per heavy atom. The van der Waals surface area contributed by atoms with E-state index in [0.29, 0.717) is 0 Å². The van der Waals surface area contributed by atoms with Gasteiger partial charge in [-0.05, 0) is 57.2 Å². The minimum Gasteiger partial charge on any atom is -0.272 e. The van der Waals surface area contributed by atoms with Crippen LogP contribution in [0.4, 0.5) is 0 Å². The van der Waals surface area contributed by atoms with Crippen molar-refractivity contribution in [1.29, 1.82) is 0 Å². The van der Waals surface area contributed by atoms with Gasteiger partial charge in [0, 0.05) is 18.8 Å². The quantitative estimate of drug-likeness (QED) is 0.656. The maximum atomic E-state index is 5.80. The lowest BCUT2D eigenvalue weighted by molar-refractivity contribution is 0.513. The van der Waals surface area contributed by atoms with Crippen molar-refractivity contribution in [3.05, 3.63) is 51.8 Å². The Balaban J connectivity index is 2.18. The zero-order valence-corrected chi connectivity index (χ0v) is 13.7. The molecule has 0 radical (unpaired) electrons. The average molecular weight is 286 g/mol. The normalized spacial score (nSPS) is 12.7. The smallest absolute Gasteiger partial charge is 0.0628 e. The molecule has 2 aromatic rings. The van der Waals surface area contributed by atoms with Crippen LogP contribution in [0.25, 0.3) is 0 Å². The van der Waals surface area contributed by atoms with Crippen molar-refractivity contribution in [3.8, 4) is 0 Å². The molecule has 1 aromatic heterocycles. The van der Waals surface area contributed by atoms with Crippen molar-refractivity contribution in [2.75, 3.05) is 0 Å². The SMILES string of the molecule is Cc1ccc(C)c(C(CCc2c(C)nn(C)c2C)NN)c1. The summed E-state index contributed by atoms with van der Waals surface area (Å²) in [7, 11) is 2.00. The Morgan fingerprint density at radius 2 is 1.95 bits per heavy atom. The van der Waals surface area contributed by atoms with E-state index in [1.165, 1.54) is 27.9 Å². The van der Waals surface area contributed by atoms with Crippen LogP contribution in [0.5, 0.6) is 0 Å². The van der Waals surface area contributed by atoms with Gasteiger partial charge in [-0.15, -0.1) is 0 Å². The van der Waals surface area contributed by atoms with Crippen molar-refractivity contribution in [2.45, 2.75) is 46.6 Å². The summed E-state index contributed by atoms with van der Waals surface area (Å²) >= 11 is 0. The Hall–Kier alpha value is -1.65. The number of aromatic nitrogens is 2. The molecule has 1 atom stereocenters. The second-order valence-electron chi connectivity index (χ2n) is 5.89. The lowest BCUT2D eigenvalue weighted by Gasteiger charge is -2.19. The largest absolute Gasteiger partial charge is 0.272 e. The van der Waals surface area contributed by atoms with Gasteiger partial charge in [0.25, 0.3) is 0 Å². The summed E-state index contributed by atoms with van der Waals surface area (Å²) in [5, 5.41) is 4.48. The third-order valence-electron chi connectivity index (χ3n) is 4.35. The highest BCUT2D eigenvalue weighted by molar-refractivity contribution is 5.33. The molecule has 4 nitrogen and oxygen atoms in total. The predicted molar refractivity (Wildman–Crippen MR) is 87.0 cm³/mol. The van der Waals surface area contributed by atoms with E-state index in [0.717, 1.165) is 18.5 Å². The standard InChI is InChI=1S/C17H26N4/c1-11-6-7-12(2)16(10-11)17(19-18)9-8-15-13(3)20-21(5)14(15)4/h6-7,10,17,19H,8-9,18H2,1-5H3. The molecule has 1 unspecified atom stereocenters. The number of nitrogens with zero attached hydrogens (tertiary/aromatic N) is 2. The summed E-state index contributed by atoms with van der Waals surface area (Å²) in [4.78, 5) is 0. The van der Waals surface area contributed by atoms with Gasteiger partial charge in [-0.25, -0.2) is 0 Å². The number of rotatable bonds is 5. The van der Waals surface area contributed by atoms with Crippen molar-refractivity contribution in [3.63, 3.8) is 0 Å². The second kappa shape index (κ2) is 6.41. The Morgan fingerprint density at radius 3 is 2.52 bits per heavy atom. The first kappa shape index (κ1) is 15.7. The number of nitrogens with two attached hydrogens (primary N) is 1. The zero-order chi connectivity index (χ0) is 15.6. The molecule has 0 aliphatic carbocycles. The number of hydrogen-bond donors (Lipinski definition) is 2. The van der Waals surface area contributed by atoms with Crippen LogP contribution in [-0.4, -0.2) is 9.78 Å². The van der Waals surface area contributed by atoms with Crippen LogP contribution in [0.1, 0.15) is 46.1 Å². The highest BCUT2D eigenvalue weighted by Crippen LogP contribution is 2.24. The van der Waals surface area contributed by atoms with E-state index in [1.807, 2.05) is 11.7 Å². The van der Waals surface area contributed by atoms with Gasteiger partial charge in [0.05, 0.1) is 5.69 Å². The van der Waals surface area contributed by atoms with Crippen LogP contribution in [0.15, 0.2) is 18.2 Å². The molecule has 2 rings (SSSR count). The molecule has 0 saturated heterocycles. The van der Waals surface area contributed by atoms with Crippen LogP contribution < -0.4 is 11.3 Å². The molecule has 0 fully saturated rings. The first-order valence-electron chi connectivity index (χ1n) is 7.46. The van der Waals surface area contributed by atoms with Crippen molar-refractivity contribution >= 4 is 0 Å². The van der Waals surface area contributed by atoms with Crippen LogP contribution in [0, 0.1) is 27.7 Å². The lowest BCUT2D eigenvalue weighted by Crippen LogP contribution is -2.29. The van der Waals surface area contributed by atoms with E-state index in [4.69, 9.17) is 5.84 Å². The number of nitrogens with one attached hydrogen (secondary N) is 1. The molecule has 0 amide bonds. The number of hydrazine groups is 1. The van der Waals surface area contributed by atoms with Gasteiger partial charge in [0.2, 0.25) is 0 Å². The number of aryl methyl sites for hydroxylation is 4. The first-order chi connectivity index (χ1) is 9.93. The number of benzene rings is 1. The first-order valence-corrected chi connectivity index (χ1v) is 7.46. The molecule has 1 heterocycles. The van der Waals surface area contributed by atoms with Gasteiger partial charge < -0.3 is 0 Å². The minimum absolute atomic E-state index is 0.170. The van der Waals surface area contributed by atoms with Gasteiger partial charge in [-0.3, -0.25) is 16.0 Å². The highest BCUT2D eigenvalue weighted by atomic mass is 15.3. The molecule has 3 N–H and O–H groups in total. The van der Waals surface area contributed by atoms with Crippen molar-refractivity contribution in [1.82, 2.24) is 15.2 Å². The Kier molecular flexibility index (Phi) is 4.80. The molecule has 0 aliphatic heterocycles. The van der Waals surface area contributed by atoms with E-state index in [2.05, 4.69) is 56.4 Å². The summed E-state index contributed by atoms with van der Waals surface area (Å²) < 4.78 is 1.95. The monoisotopic (exact) mass is 286 g/mol. The zero-order valence-electron chi connectivity index (χ0n) is 13.7. The number of hydrogen-bond acceptors (Lipinski definition) is 3. The van der Waals surface area contributed by atoms with Gasteiger partial charge >= 0.3 is 0 Å². The molecular weight excluding hydrogens is 260 g/mol. The van der Waals surface area contributed by atoms with E-state index < -0.39 is 0 Å². The van der Waals surface area contributed by atoms with E-state index in [1.54, 1.807) is 0 Å². The van der Waals surface area contributed by atoms with Crippen LogP contribution in [0.2, 0.25) is 0 Å². The minimum atomic E-state index is 0.170. The summed E-state index contributed by atoms with van der Waals surface area (Å²) in [5.74, 6) is 5.80. The highest BCUT2D eigenvalue weighted by Gasteiger charge is 2.15. The second-order valence-corrected chi connectivity index (χ2v) is 5.89. The fourth-order valence-electron chi connectivity index (χ4n) is 2.93. The van der Waals surface area contributed by atoms with Gasteiger partial charge in [0.1, 0.15) is 0 Å². The molecule has 0 saturated carbocycles. The average Bonchev–Trinajstić information content (AvgIpc) is 2.69. The van der Waals surface area contributed by atoms with E-state index in [-0.39, 0.29) is 6.04 Å². The molecule has 0 aliphatic rings. The molecule has 0 spiro atoms. The summed E-state index contributed by atoms with van der Waals surface area (Å²) in [5.41, 5.74) is 10.5. The third kappa shape index (κ3) is 3.34. The lowest BCUT2D eigenvalue weighted by atomic mass is 9.94. The van der Waals surface area contributed by atoms with Crippen molar-refractivity contribution in [2.24, 2.45) is 12.9 Å². The molecule has 114 valence electrons. The molecule has 4 heteroatoms. The van der Waals surface area contributed by atoms with E-state index in [9.17, 15) is 0 Å². The molecular formula is C17H26N4. The van der Waals surface area contributed by atoms with Gasteiger partial charge in [-0.2, -0.15) is 5.10 Å².